The van der Waals surface area contributed by atoms with E-state index in [0.29, 0.717) is 10.7 Å². The van der Waals surface area contributed by atoms with Crippen LogP contribution in [0.3, 0.4) is 0 Å². The van der Waals surface area contributed by atoms with Crippen molar-refractivity contribution in [2.45, 2.75) is 40.5 Å². The third-order valence-corrected chi connectivity index (χ3v) is 4.23. The van der Waals surface area contributed by atoms with Crippen LogP contribution in [0.4, 0.5) is 0 Å². The normalized spacial score (nSPS) is 9.73. The Balaban J connectivity index is 0.000000507. The van der Waals surface area contributed by atoms with Crippen molar-refractivity contribution < 1.29 is 23.7 Å². The summed E-state index contributed by atoms with van der Waals surface area (Å²) in [6, 6.07) is 3.78. The maximum Gasteiger partial charge on any atom is 0.373 e. The molecule has 0 saturated carbocycles. The van der Waals surface area contributed by atoms with Crippen molar-refractivity contribution in [2.75, 3.05) is 0 Å². The Morgan fingerprint density at radius 2 is 1.30 bits per heavy atom. The molecular weight excluding hydrogens is 593 g/mol. The quantitative estimate of drug-likeness (QED) is 0.313. The van der Waals surface area contributed by atoms with Gasteiger partial charge in [-0.15, -0.1) is 0 Å². The molecule has 12 nitrogen and oxygen atoms in total. The van der Waals surface area contributed by atoms with Gasteiger partial charge in [-0.3, -0.25) is 9.36 Å². The lowest BCUT2D eigenvalue weighted by molar-refractivity contribution is -0.193. The van der Waals surface area contributed by atoms with E-state index in [9.17, 15) is 9.36 Å². The SMILES string of the molecule is CCc1cc2c(=O)[nH]c(C)cn2n1.CCc1cc2c(Cl)nc(C)cn2n1.O=C=O.O=C=O.O=P(Cl)(Cl)Cl. The highest BCUT2D eigenvalue weighted by atomic mass is 36.0. The molecule has 0 aliphatic rings. The van der Waals surface area contributed by atoms with Crippen molar-refractivity contribution in [3.05, 3.63) is 62.8 Å². The van der Waals surface area contributed by atoms with E-state index in [-0.39, 0.29) is 17.9 Å². The lowest BCUT2D eigenvalue weighted by Gasteiger charge is -1.96. The summed E-state index contributed by atoms with van der Waals surface area (Å²) in [6.07, 6.45) is 5.95. The standard InChI is InChI=1S/C9H10ClN3.C9H11N3O.2CO2.Cl3OP/c1-3-7-4-8-9(10)11-6(2)5-13(8)12-7;1-3-7-4-8-9(13)10-6(2)5-12(8)11-7;2*2-1-3;1-5(2,3)4/h4-5H,3H2,1-2H3;4-5H,3H2,1-2H3,(H,10,13);;;. The van der Waals surface area contributed by atoms with E-state index < -0.39 is 5.20 Å². The molecule has 200 valence electrons. The predicted molar refractivity (Wildman–Crippen MR) is 137 cm³/mol. The van der Waals surface area contributed by atoms with E-state index >= 15 is 0 Å². The number of nitrogens with zero attached hydrogens (tertiary/aromatic N) is 5. The van der Waals surface area contributed by atoms with Crippen molar-refractivity contribution >= 4 is 73.9 Å². The van der Waals surface area contributed by atoms with E-state index in [1.165, 1.54) is 0 Å². The van der Waals surface area contributed by atoms with Gasteiger partial charge in [-0.25, -0.2) is 14.0 Å². The van der Waals surface area contributed by atoms with E-state index in [1.54, 1.807) is 9.03 Å². The highest BCUT2D eigenvalue weighted by molar-refractivity contribution is 8.24. The molecule has 4 aromatic rings. The maximum absolute atomic E-state index is 11.4. The van der Waals surface area contributed by atoms with Gasteiger partial charge in [0.05, 0.1) is 23.3 Å². The van der Waals surface area contributed by atoms with Gasteiger partial charge in [0.2, 0.25) is 0 Å². The van der Waals surface area contributed by atoms with Gasteiger partial charge in [0.15, 0.2) is 5.15 Å². The number of carbonyl (C=O) groups excluding carboxylic acids is 4. The Labute approximate surface area is 229 Å². The second-order valence-corrected chi connectivity index (χ2v) is 13.6. The minimum absolute atomic E-state index is 0.0767. The molecule has 0 radical (unpaired) electrons. The van der Waals surface area contributed by atoms with Gasteiger partial charge in [0, 0.05) is 11.9 Å². The molecule has 4 heterocycles. The van der Waals surface area contributed by atoms with Gasteiger partial charge in [0.1, 0.15) is 11.0 Å². The maximum atomic E-state index is 11.4. The summed E-state index contributed by atoms with van der Waals surface area (Å²) in [5.74, 6) is 0. The molecule has 4 aromatic heterocycles. The molecule has 37 heavy (non-hydrogen) atoms. The van der Waals surface area contributed by atoms with Crippen LogP contribution in [0.5, 0.6) is 0 Å². The third kappa shape index (κ3) is 13.3. The molecule has 0 spiro atoms. The van der Waals surface area contributed by atoms with E-state index in [1.807, 2.05) is 45.3 Å². The molecule has 0 saturated heterocycles. The van der Waals surface area contributed by atoms with Crippen LogP contribution in [-0.2, 0) is 36.6 Å². The van der Waals surface area contributed by atoms with Gasteiger partial charge in [-0.05, 0) is 72.5 Å². The largest absolute Gasteiger partial charge is 0.373 e. The van der Waals surface area contributed by atoms with Crippen LogP contribution in [0.15, 0.2) is 29.3 Å². The number of rotatable bonds is 2. The van der Waals surface area contributed by atoms with Crippen LogP contribution in [0.25, 0.3) is 11.0 Å². The molecule has 0 bridgehead atoms. The number of fused-ring (bicyclic) bond motifs is 2. The Hall–Kier alpha value is -2.81. The van der Waals surface area contributed by atoms with Gasteiger partial charge >= 0.3 is 17.5 Å². The molecule has 0 amide bonds. The number of aryl methyl sites for hydroxylation is 4. The first-order valence-electron chi connectivity index (χ1n) is 10.0. The first-order valence-corrected chi connectivity index (χ1v) is 14.8. The molecule has 17 heteroatoms. The zero-order valence-electron chi connectivity index (χ0n) is 19.9. The topological polar surface area (TPSA) is 166 Å². The van der Waals surface area contributed by atoms with Crippen LogP contribution in [-0.4, -0.2) is 41.5 Å². The first-order chi connectivity index (χ1) is 17.2. The van der Waals surface area contributed by atoms with E-state index in [2.05, 4.69) is 60.8 Å². The van der Waals surface area contributed by atoms with Gasteiger partial charge in [-0.2, -0.15) is 29.4 Å². The van der Waals surface area contributed by atoms with Crippen LogP contribution < -0.4 is 5.56 Å². The number of H-pyrrole nitrogens is 1. The van der Waals surface area contributed by atoms with E-state index in [4.69, 9.17) is 30.8 Å². The lowest BCUT2D eigenvalue weighted by Crippen LogP contribution is -2.10. The fourth-order valence-electron chi connectivity index (χ4n) is 2.63. The Bertz CT molecular complexity index is 1460. The number of aromatic amines is 1. The summed E-state index contributed by atoms with van der Waals surface area (Å²) in [5.41, 5.74) is 5.09. The first kappa shape index (κ1) is 34.2. The summed E-state index contributed by atoms with van der Waals surface area (Å²) < 4.78 is 12.9. The molecule has 4 rings (SSSR count). The van der Waals surface area contributed by atoms with Crippen molar-refractivity contribution in [1.29, 1.82) is 0 Å². The average molecular weight is 614 g/mol. The predicted octanol–water partition coefficient (Wildman–Crippen LogP) is 4.79. The minimum Gasteiger partial charge on any atom is -0.323 e. The molecule has 0 fully saturated rings. The third-order valence-electron chi connectivity index (χ3n) is 3.95. The second kappa shape index (κ2) is 16.8. The van der Waals surface area contributed by atoms with Crippen molar-refractivity contribution in [1.82, 2.24) is 29.2 Å². The molecule has 0 aliphatic heterocycles. The highest BCUT2D eigenvalue weighted by Crippen LogP contribution is 2.61. The lowest BCUT2D eigenvalue weighted by atomic mass is 10.3. The van der Waals surface area contributed by atoms with Crippen molar-refractivity contribution in [3.8, 4) is 0 Å². The smallest absolute Gasteiger partial charge is 0.323 e. The Morgan fingerprint density at radius 1 is 0.892 bits per heavy atom. The number of hydrogen-bond donors (Lipinski definition) is 1. The summed E-state index contributed by atoms with van der Waals surface area (Å²) in [7, 11) is 0. The zero-order valence-corrected chi connectivity index (χ0v) is 23.8. The monoisotopic (exact) mass is 612 g/mol. The van der Waals surface area contributed by atoms with Gasteiger partial charge < -0.3 is 4.98 Å². The number of hydrogen-bond acceptors (Lipinski definition) is 9. The summed E-state index contributed by atoms with van der Waals surface area (Å²) >= 11 is 19.8. The van der Waals surface area contributed by atoms with Crippen LogP contribution in [0, 0.1) is 13.8 Å². The highest BCUT2D eigenvalue weighted by Gasteiger charge is 2.05. The Morgan fingerprint density at radius 3 is 1.73 bits per heavy atom. The molecule has 1 N–H and O–H groups in total. The van der Waals surface area contributed by atoms with Gasteiger partial charge in [-0.1, -0.05) is 25.4 Å². The summed E-state index contributed by atoms with van der Waals surface area (Å²) in [5, 5.41) is 5.89. The average Bonchev–Trinajstić information content (AvgIpc) is 3.38. The molecule has 0 aromatic carbocycles. The molecule has 0 aliphatic carbocycles. The Kier molecular flexibility index (Phi) is 15.6. The van der Waals surface area contributed by atoms with E-state index in [0.717, 1.165) is 41.1 Å². The number of aromatic nitrogens is 6. The van der Waals surface area contributed by atoms with Crippen LogP contribution in [0.1, 0.15) is 36.6 Å². The number of halogens is 4. The summed E-state index contributed by atoms with van der Waals surface area (Å²) in [6.45, 7) is 7.82. The van der Waals surface area contributed by atoms with Crippen LogP contribution in [0.2, 0.25) is 5.15 Å². The van der Waals surface area contributed by atoms with Crippen molar-refractivity contribution in [2.24, 2.45) is 0 Å². The fourth-order valence-corrected chi connectivity index (χ4v) is 2.91. The summed E-state index contributed by atoms with van der Waals surface area (Å²) in [4.78, 5) is 50.8. The molecular formula is C20H21Cl4N6O6P. The number of nitrogens with one attached hydrogen (secondary N) is 1. The fraction of sp³-hybridized carbons (Fsp3) is 0.300. The van der Waals surface area contributed by atoms with Gasteiger partial charge in [0.25, 0.3) is 5.56 Å². The molecule has 0 atom stereocenters. The van der Waals surface area contributed by atoms with Crippen LogP contribution >= 0.6 is 50.5 Å². The zero-order chi connectivity index (χ0) is 28.8. The second-order valence-electron chi connectivity index (χ2n) is 6.64. The minimum atomic E-state index is -3.22. The molecule has 0 unspecified atom stereocenters. The van der Waals surface area contributed by atoms with Crippen molar-refractivity contribution in [3.63, 3.8) is 0 Å².